The van der Waals surface area contributed by atoms with Crippen LogP contribution in [0.25, 0.3) is 0 Å². The van der Waals surface area contributed by atoms with Crippen molar-refractivity contribution < 1.29 is 18.3 Å². The Morgan fingerprint density at radius 3 is 2.58 bits per heavy atom. The van der Waals surface area contributed by atoms with Gasteiger partial charge in [-0.05, 0) is 30.2 Å². The summed E-state index contributed by atoms with van der Waals surface area (Å²) in [6.07, 6.45) is -3.98. The molecule has 0 aliphatic carbocycles. The van der Waals surface area contributed by atoms with Gasteiger partial charge in [0.2, 0.25) is 0 Å². The van der Waals surface area contributed by atoms with Crippen LogP contribution in [-0.2, 0) is 6.54 Å². The molecule has 0 heterocycles. The highest BCUT2D eigenvalue weighted by Gasteiger charge is 2.30. The van der Waals surface area contributed by atoms with Crippen molar-refractivity contribution in [1.29, 1.82) is 0 Å². The Balaban J connectivity index is 2.78. The van der Waals surface area contributed by atoms with Crippen LogP contribution in [0, 0.1) is 0 Å². The van der Waals surface area contributed by atoms with Crippen LogP contribution in [0.3, 0.4) is 0 Å². The van der Waals surface area contributed by atoms with Gasteiger partial charge >= 0.3 is 6.18 Å². The maximum Gasteiger partial charge on any atom is 0.401 e. The van der Waals surface area contributed by atoms with E-state index in [2.05, 4.69) is 15.9 Å². The van der Waals surface area contributed by atoms with E-state index in [0.717, 1.165) is 4.47 Å². The van der Waals surface area contributed by atoms with Crippen LogP contribution >= 0.6 is 27.5 Å². The number of alkyl halides is 3. The van der Waals surface area contributed by atoms with E-state index >= 15 is 0 Å². The molecule has 1 rings (SSSR count). The van der Waals surface area contributed by atoms with Gasteiger partial charge in [-0.25, -0.2) is 0 Å². The van der Waals surface area contributed by atoms with E-state index in [4.69, 9.17) is 16.7 Å². The lowest BCUT2D eigenvalue weighted by Gasteiger charge is -2.24. The first-order valence-electron chi connectivity index (χ1n) is 5.65. The van der Waals surface area contributed by atoms with E-state index in [1.165, 1.54) is 4.90 Å². The van der Waals surface area contributed by atoms with Gasteiger partial charge in [0.15, 0.2) is 0 Å². The van der Waals surface area contributed by atoms with Gasteiger partial charge in [0.25, 0.3) is 0 Å². The number of benzene rings is 1. The van der Waals surface area contributed by atoms with Crippen LogP contribution in [0.5, 0.6) is 0 Å². The van der Waals surface area contributed by atoms with Crippen molar-refractivity contribution in [1.82, 2.24) is 4.90 Å². The fourth-order valence-electron chi connectivity index (χ4n) is 1.67. The molecule has 108 valence electrons. The fourth-order valence-corrected chi connectivity index (χ4v) is 2.25. The minimum absolute atomic E-state index is 0.0950. The summed E-state index contributed by atoms with van der Waals surface area (Å²) in [7, 11) is 0. The second-order valence-electron chi connectivity index (χ2n) is 4.14. The number of hydrogen-bond donors (Lipinski definition) is 1. The highest BCUT2D eigenvalue weighted by molar-refractivity contribution is 9.10. The Labute approximate surface area is 123 Å². The van der Waals surface area contributed by atoms with E-state index in [-0.39, 0.29) is 19.7 Å². The standard InChI is InChI=1S/C12H14BrClF3NO/c13-10-2-3-11(14)9(6-10)7-18(4-1-5-19)8-12(15,16)17/h2-3,6,19H,1,4-5,7-8H2. The van der Waals surface area contributed by atoms with Gasteiger partial charge in [0, 0.05) is 29.2 Å². The normalized spacial score (nSPS) is 12.2. The summed E-state index contributed by atoms with van der Waals surface area (Å²) in [5.41, 5.74) is 0.623. The van der Waals surface area contributed by atoms with Crippen molar-refractivity contribution in [3.8, 4) is 0 Å². The third-order valence-corrected chi connectivity index (χ3v) is 3.30. The molecule has 0 aromatic heterocycles. The van der Waals surface area contributed by atoms with Gasteiger partial charge in [-0.1, -0.05) is 27.5 Å². The zero-order chi connectivity index (χ0) is 14.5. The van der Waals surface area contributed by atoms with Crippen molar-refractivity contribution in [3.05, 3.63) is 33.3 Å². The summed E-state index contributed by atoms with van der Waals surface area (Å²) in [4.78, 5) is 1.23. The number of rotatable bonds is 6. The van der Waals surface area contributed by atoms with Gasteiger partial charge in [-0.2, -0.15) is 13.2 Å². The predicted octanol–water partition coefficient (Wildman–Crippen LogP) is 3.85. The summed E-state index contributed by atoms with van der Waals surface area (Å²) in [5.74, 6) is 0. The topological polar surface area (TPSA) is 23.5 Å². The smallest absolute Gasteiger partial charge is 0.396 e. The van der Waals surface area contributed by atoms with Gasteiger partial charge in [-0.3, -0.25) is 4.90 Å². The number of aliphatic hydroxyl groups excluding tert-OH is 1. The lowest BCUT2D eigenvalue weighted by Crippen LogP contribution is -2.35. The molecule has 7 heteroatoms. The summed E-state index contributed by atoms with van der Waals surface area (Å²) in [6, 6.07) is 5.07. The number of nitrogens with zero attached hydrogens (tertiary/aromatic N) is 1. The zero-order valence-corrected chi connectivity index (χ0v) is 12.4. The first-order chi connectivity index (χ1) is 8.81. The highest BCUT2D eigenvalue weighted by atomic mass is 79.9. The molecule has 0 saturated heterocycles. The molecule has 1 aromatic carbocycles. The highest BCUT2D eigenvalue weighted by Crippen LogP contribution is 2.24. The number of halogens is 5. The van der Waals surface area contributed by atoms with Gasteiger partial charge in [-0.15, -0.1) is 0 Å². The molecule has 0 saturated carbocycles. The van der Waals surface area contributed by atoms with Crippen LogP contribution < -0.4 is 0 Å². The Hall–Kier alpha value is -0.300. The Morgan fingerprint density at radius 2 is 2.00 bits per heavy atom. The van der Waals surface area contributed by atoms with E-state index in [1.807, 2.05) is 0 Å². The quantitative estimate of drug-likeness (QED) is 0.833. The number of aliphatic hydroxyl groups is 1. The largest absolute Gasteiger partial charge is 0.401 e. The van der Waals surface area contributed by atoms with Crippen LogP contribution in [0.2, 0.25) is 5.02 Å². The summed E-state index contributed by atoms with van der Waals surface area (Å²) in [6.45, 7) is -0.896. The van der Waals surface area contributed by atoms with Gasteiger partial charge < -0.3 is 5.11 Å². The minimum atomic E-state index is -4.27. The van der Waals surface area contributed by atoms with E-state index < -0.39 is 12.7 Å². The molecular weight excluding hydrogens is 346 g/mol. The maximum atomic E-state index is 12.5. The third kappa shape index (κ3) is 6.61. The second kappa shape index (κ2) is 7.47. The fraction of sp³-hybridized carbons (Fsp3) is 0.500. The average molecular weight is 361 g/mol. The van der Waals surface area contributed by atoms with Gasteiger partial charge in [0.1, 0.15) is 0 Å². The van der Waals surface area contributed by atoms with Crippen molar-refractivity contribution >= 4 is 27.5 Å². The molecule has 0 atom stereocenters. The average Bonchev–Trinajstić information content (AvgIpc) is 2.29. The first kappa shape index (κ1) is 16.8. The van der Waals surface area contributed by atoms with E-state index in [9.17, 15) is 13.2 Å². The van der Waals surface area contributed by atoms with Crippen LogP contribution in [0.15, 0.2) is 22.7 Å². The van der Waals surface area contributed by atoms with E-state index in [0.29, 0.717) is 17.0 Å². The minimum Gasteiger partial charge on any atom is -0.396 e. The molecule has 1 N–H and O–H groups in total. The first-order valence-corrected chi connectivity index (χ1v) is 6.83. The van der Waals surface area contributed by atoms with Crippen LogP contribution in [-0.4, -0.2) is 35.9 Å². The van der Waals surface area contributed by atoms with Crippen LogP contribution in [0.1, 0.15) is 12.0 Å². The lowest BCUT2D eigenvalue weighted by molar-refractivity contribution is -0.147. The molecule has 2 nitrogen and oxygen atoms in total. The molecule has 0 bridgehead atoms. The van der Waals surface area contributed by atoms with Crippen molar-refractivity contribution in [2.45, 2.75) is 19.1 Å². The molecule has 0 fully saturated rings. The zero-order valence-electron chi connectivity index (χ0n) is 10.1. The van der Waals surface area contributed by atoms with Crippen molar-refractivity contribution in [2.24, 2.45) is 0 Å². The summed E-state index contributed by atoms with van der Waals surface area (Å²) in [5, 5.41) is 9.17. The summed E-state index contributed by atoms with van der Waals surface area (Å²) >= 11 is 9.23. The molecule has 0 aliphatic rings. The molecule has 0 radical (unpaired) electrons. The monoisotopic (exact) mass is 359 g/mol. The van der Waals surface area contributed by atoms with Crippen molar-refractivity contribution in [2.75, 3.05) is 19.7 Å². The Kier molecular flexibility index (Phi) is 6.59. The Bertz CT molecular complexity index is 414. The molecule has 0 unspecified atom stereocenters. The molecular formula is C12H14BrClF3NO. The Morgan fingerprint density at radius 1 is 1.32 bits per heavy atom. The maximum absolute atomic E-state index is 12.5. The molecule has 0 amide bonds. The molecule has 1 aromatic rings. The third-order valence-electron chi connectivity index (χ3n) is 2.44. The molecule has 0 aliphatic heterocycles. The van der Waals surface area contributed by atoms with Crippen LogP contribution in [0.4, 0.5) is 13.2 Å². The second-order valence-corrected chi connectivity index (χ2v) is 5.46. The SMILES string of the molecule is OCCCN(Cc1cc(Br)ccc1Cl)CC(F)(F)F. The van der Waals surface area contributed by atoms with Gasteiger partial charge in [0.05, 0.1) is 6.54 Å². The van der Waals surface area contributed by atoms with Crippen molar-refractivity contribution in [3.63, 3.8) is 0 Å². The predicted molar refractivity (Wildman–Crippen MR) is 72.2 cm³/mol. The summed E-state index contributed by atoms with van der Waals surface area (Å²) < 4.78 is 38.2. The molecule has 19 heavy (non-hydrogen) atoms. The number of hydrogen-bond acceptors (Lipinski definition) is 2. The lowest BCUT2D eigenvalue weighted by atomic mass is 10.2. The molecule has 0 spiro atoms. The van der Waals surface area contributed by atoms with E-state index in [1.54, 1.807) is 18.2 Å².